The number of hydrogen-bond donors (Lipinski definition) is 2. The van der Waals surface area contributed by atoms with E-state index in [4.69, 9.17) is 9.84 Å². The number of hydrogen-bond acceptors (Lipinski definition) is 9. The van der Waals surface area contributed by atoms with E-state index in [0.29, 0.717) is 36.4 Å². The number of carbonyl (C=O) groups is 4. The van der Waals surface area contributed by atoms with Gasteiger partial charge in [0.05, 0.1) is 12.2 Å². The number of aryl methyl sites for hydroxylation is 1. The van der Waals surface area contributed by atoms with Gasteiger partial charge in [0.1, 0.15) is 24.1 Å². The zero-order valence-electron chi connectivity index (χ0n) is 27.8. The van der Waals surface area contributed by atoms with Gasteiger partial charge in [-0.2, -0.15) is 5.10 Å². The van der Waals surface area contributed by atoms with Gasteiger partial charge < -0.3 is 14.7 Å². The summed E-state index contributed by atoms with van der Waals surface area (Å²) >= 11 is 0. The predicted molar refractivity (Wildman–Crippen MR) is 187 cm³/mol. The molecule has 1 aliphatic carbocycles. The van der Waals surface area contributed by atoms with Gasteiger partial charge in [-0.3, -0.25) is 34.4 Å². The second kappa shape index (κ2) is 13.0. The third-order valence-corrected chi connectivity index (χ3v) is 9.83. The summed E-state index contributed by atoms with van der Waals surface area (Å²) in [6, 6.07) is 21.9. The first-order chi connectivity index (χ1) is 24.7. The standard InChI is InChI=1S/C39H34N6O6/c1-43(27-6-10-30-31(21-27)39(50)45(38(30)49)33-11-13-35(47)41-37(33)48)18-19-51-28-7-4-26(5-8-28)44-22-32(36(42-44)23-14-16-40-17-15-23)25-2-9-29-24(20-25)3-12-34(29)46/h2,4-10,14-17,20-22,33,38,49H,3,11-13,18-19H2,1H3,(H,41,47,48). The van der Waals surface area contributed by atoms with E-state index in [1.165, 1.54) is 0 Å². The molecule has 3 aliphatic rings. The quantitative estimate of drug-likeness (QED) is 0.215. The van der Waals surface area contributed by atoms with Crippen LogP contribution in [-0.2, 0) is 16.0 Å². The van der Waals surface area contributed by atoms with Crippen molar-refractivity contribution in [2.75, 3.05) is 25.1 Å². The average Bonchev–Trinajstić information content (AvgIpc) is 3.83. The van der Waals surface area contributed by atoms with Gasteiger partial charge in [-0.05, 0) is 72.5 Å². The number of ketones is 1. The van der Waals surface area contributed by atoms with Crippen LogP contribution in [0.5, 0.6) is 5.75 Å². The normalized spacial score (nSPS) is 18.1. The van der Waals surface area contributed by atoms with Crippen LogP contribution < -0.4 is 15.0 Å². The molecule has 3 amide bonds. The molecule has 0 saturated carbocycles. The Morgan fingerprint density at radius 2 is 1.69 bits per heavy atom. The van der Waals surface area contributed by atoms with Gasteiger partial charge >= 0.3 is 0 Å². The molecular formula is C39H34N6O6. The van der Waals surface area contributed by atoms with Crippen LogP contribution in [0.1, 0.15) is 57.3 Å². The van der Waals surface area contributed by atoms with E-state index in [9.17, 15) is 24.3 Å². The Morgan fingerprint density at radius 1 is 0.882 bits per heavy atom. The number of aliphatic hydroxyl groups excluding tert-OH is 1. The molecule has 2 unspecified atom stereocenters. The fraction of sp³-hybridized carbons (Fsp3) is 0.231. The van der Waals surface area contributed by atoms with E-state index in [-0.39, 0.29) is 24.5 Å². The van der Waals surface area contributed by atoms with Crippen LogP contribution in [0.15, 0.2) is 91.4 Å². The van der Waals surface area contributed by atoms with Crippen molar-refractivity contribution in [1.29, 1.82) is 0 Å². The molecule has 2 N–H and O–H groups in total. The molecule has 0 radical (unpaired) electrons. The number of nitrogens with one attached hydrogen (secondary N) is 1. The molecule has 2 aliphatic heterocycles. The zero-order chi connectivity index (χ0) is 35.2. The van der Waals surface area contributed by atoms with Crippen LogP contribution >= 0.6 is 0 Å². The predicted octanol–water partition coefficient (Wildman–Crippen LogP) is 4.50. The highest BCUT2D eigenvalue weighted by Crippen LogP contribution is 2.38. The average molecular weight is 683 g/mol. The molecule has 8 rings (SSSR count). The number of aromatic nitrogens is 3. The minimum absolute atomic E-state index is 0.109. The van der Waals surface area contributed by atoms with Gasteiger partial charge in [0, 0.05) is 72.0 Å². The number of Topliss-reactive ketones (excluding diaryl/α,β-unsaturated/α-hetero) is 1. The van der Waals surface area contributed by atoms with Crippen molar-refractivity contribution in [1.82, 2.24) is 25.0 Å². The van der Waals surface area contributed by atoms with Gasteiger partial charge in [0.15, 0.2) is 12.0 Å². The molecule has 0 bridgehead atoms. The van der Waals surface area contributed by atoms with Crippen LogP contribution in [-0.4, -0.2) is 74.5 Å². The van der Waals surface area contributed by atoms with Gasteiger partial charge in [-0.25, -0.2) is 4.68 Å². The molecule has 4 heterocycles. The summed E-state index contributed by atoms with van der Waals surface area (Å²) in [6.45, 7) is 0.878. The Morgan fingerprint density at radius 3 is 2.47 bits per heavy atom. The van der Waals surface area contributed by atoms with Crippen molar-refractivity contribution in [3.8, 4) is 33.8 Å². The Labute approximate surface area is 293 Å². The van der Waals surface area contributed by atoms with Crippen LogP contribution in [0.3, 0.4) is 0 Å². The van der Waals surface area contributed by atoms with Crippen LogP contribution in [0, 0.1) is 0 Å². The highest BCUT2D eigenvalue weighted by Gasteiger charge is 2.44. The fourth-order valence-corrected chi connectivity index (χ4v) is 7.04. The maximum Gasteiger partial charge on any atom is 0.257 e. The number of nitrogens with zero attached hydrogens (tertiary/aromatic N) is 5. The van der Waals surface area contributed by atoms with Gasteiger partial charge in [-0.15, -0.1) is 0 Å². The number of amides is 3. The summed E-state index contributed by atoms with van der Waals surface area (Å²) in [5, 5.41) is 18.1. The van der Waals surface area contributed by atoms with E-state index in [1.807, 2.05) is 77.4 Å². The van der Waals surface area contributed by atoms with Crippen LogP contribution in [0.4, 0.5) is 5.69 Å². The molecule has 12 heteroatoms. The van der Waals surface area contributed by atoms with Crippen molar-refractivity contribution in [2.24, 2.45) is 0 Å². The molecule has 12 nitrogen and oxygen atoms in total. The zero-order valence-corrected chi connectivity index (χ0v) is 27.8. The number of carbonyl (C=O) groups excluding carboxylic acids is 4. The summed E-state index contributed by atoms with van der Waals surface area (Å²) in [4.78, 5) is 56.8. The lowest BCUT2D eigenvalue weighted by molar-refractivity contribution is -0.139. The molecule has 3 aromatic carbocycles. The molecule has 2 atom stereocenters. The molecular weight excluding hydrogens is 648 g/mol. The third-order valence-electron chi connectivity index (χ3n) is 9.83. The highest BCUT2D eigenvalue weighted by atomic mass is 16.5. The summed E-state index contributed by atoms with van der Waals surface area (Å²) in [7, 11) is 1.89. The van der Waals surface area contributed by atoms with Crippen molar-refractivity contribution in [2.45, 2.75) is 38.0 Å². The summed E-state index contributed by atoms with van der Waals surface area (Å²) in [5.74, 6) is -0.529. The number of likely N-dealkylation sites (N-methyl/N-ethyl adjacent to an activating group) is 1. The van der Waals surface area contributed by atoms with E-state index >= 15 is 0 Å². The van der Waals surface area contributed by atoms with Crippen molar-refractivity contribution in [3.05, 3.63) is 114 Å². The van der Waals surface area contributed by atoms with Gasteiger partial charge in [0.2, 0.25) is 11.8 Å². The summed E-state index contributed by atoms with van der Waals surface area (Å²) < 4.78 is 7.90. The topological polar surface area (TPSA) is 147 Å². The number of benzene rings is 3. The molecule has 5 aromatic rings. The van der Waals surface area contributed by atoms with Crippen molar-refractivity contribution >= 4 is 29.2 Å². The number of aliphatic hydroxyl groups is 1. The minimum atomic E-state index is -1.26. The van der Waals surface area contributed by atoms with Crippen LogP contribution in [0.2, 0.25) is 0 Å². The highest BCUT2D eigenvalue weighted by molar-refractivity contribution is 6.06. The molecule has 1 saturated heterocycles. The molecule has 51 heavy (non-hydrogen) atoms. The Kier molecular flexibility index (Phi) is 8.15. The van der Waals surface area contributed by atoms with E-state index in [1.54, 1.807) is 24.5 Å². The summed E-state index contributed by atoms with van der Waals surface area (Å²) in [5.41, 5.74) is 7.96. The first-order valence-corrected chi connectivity index (χ1v) is 16.8. The molecule has 256 valence electrons. The second-order valence-electron chi connectivity index (χ2n) is 13.0. The number of fused-ring (bicyclic) bond motifs is 2. The van der Waals surface area contributed by atoms with Gasteiger partial charge in [-0.1, -0.05) is 24.3 Å². The Hall–Kier alpha value is -6.14. The molecule has 0 spiro atoms. The summed E-state index contributed by atoms with van der Waals surface area (Å²) in [6.07, 6.45) is 5.81. The van der Waals surface area contributed by atoms with Crippen molar-refractivity contribution in [3.63, 3.8) is 0 Å². The fourth-order valence-electron chi connectivity index (χ4n) is 7.04. The van der Waals surface area contributed by atoms with E-state index < -0.39 is 24.1 Å². The van der Waals surface area contributed by atoms with Crippen LogP contribution in [0.25, 0.3) is 28.1 Å². The monoisotopic (exact) mass is 682 g/mol. The maximum atomic E-state index is 13.3. The number of ether oxygens (including phenoxy) is 1. The molecule has 1 fully saturated rings. The van der Waals surface area contributed by atoms with E-state index in [2.05, 4.69) is 16.4 Å². The Balaban J connectivity index is 0.938. The number of rotatable bonds is 9. The largest absolute Gasteiger partial charge is 0.492 e. The van der Waals surface area contributed by atoms with Gasteiger partial charge in [0.25, 0.3) is 5.91 Å². The van der Waals surface area contributed by atoms with E-state index in [0.717, 1.165) is 56.2 Å². The lowest BCUT2D eigenvalue weighted by atomic mass is 9.98. The van der Waals surface area contributed by atoms with Crippen molar-refractivity contribution < 1.29 is 29.0 Å². The lowest BCUT2D eigenvalue weighted by Gasteiger charge is -2.31. The smallest absolute Gasteiger partial charge is 0.257 e. The second-order valence-corrected chi connectivity index (χ2v) is 13.0. The first kappa shape index (κ1) is 32.1. The maximum absolute atomic E-state index is 13.3. The molecule has 2 aromatic heterocycles. The lowest BCUT2D eigenvalue weighted by Crippen LogP contribution is -2.53. The first-order valence-electron chi connectivity index (χ1n) is 16.8. The Bertz CT molecular complexity index is 2200. The number of imide groups is 1. The minimum Gasteiger partial charge on any atom is -0.492 e. The number of piperidine rings is 1. The third kappa shape index (κ3) is 5.93. The SMILES string of the molecule is CN(CCOc1ccc(-n2cc(-c3ccc4c(c3)CCC4=O)c(-c3ccncc3)n2)cc1)c1ccc2c(c1)C(=O)N(C1CCC(=O)NC1=O)C2O. The number of pyridine rings is 1. The number of anilines is 1.